The van der Waals surface area contributed by atoms with Crippen molar-refractivity contribution < 1.29 is 4.79 Å². The van der Waals surface area contributed by atoms with E-state index in [1.54, 1.807) is 0 Å². The van der Waals surface area contributed by atoms with Gasteiger partial charge in [0, 0.05) is 18.2 Å². The van der Waals surface area contributed by atoms with Crippen LogP contribution in [0.3, 0.4) is 0 Å². The molecule has 84 valence electrons. The third-order valence-corrected chi connectivity index (χ3v) is 3.91. The van der Waals surface area contributed by atoms with Crippen molar-refractivity contribution in [1.82, 2.24) is 0 Å². The molecule has 4 rings (SSSR count). The summed E-state index contributed by atoms with van der Waals surface area (Å²) in [6.45, 7) is 0.567. The van der Waals surface area contributed by atoms with Crippen LogP contribution in [0.4, 0.5) is 5.69 Å². The molecule has 2 saturated heterocycles. The van der Waals surface area contributed by atoms with Gasteiger partial charge >= 0.3 is 0 Å². The van der Waals surface area contributed by atoms with Gasteiger partial charge in [0.15, 0.2) is 0 Å². The second kappa shape index (κ2) is 3.59. The zero-order chi connectivity index (χ0) is 11.1. The van der Waals surface area contributed by atoms with Crippen LogP contribution in [0, 0.1) is 11.8 Å². The number of hydrogen-bond acceptors (Lipinski definition) is 2. The van der Waals surface area contributed by atoms with Crippen molar-refractivity contribution >= 4 is 11.6 Å². The van der Waals surface area contributed by atoms with Crippen molar-refractivity contribution in [3.8, 4) is 0 Å². The normalized spacial score (nSPS) is 32.4. The number of fused-ring (bicyclic) bond motifs is 2. The summed E-state index contributed by atoms with van der Waals surface area (Å²) < 4.78 is 0. The Balaban J connectivity index is 1.95. The Morgan fingerprint density at radius 3 is 2.56 bits per heavy atom. The van der Waals surface area contributed by atoms with E-state index in [0.29, 0.717) is 12.5 Å². The van der Waals surface area contributed by atoms with Gasteiger partial charge in [-0.15, -0.1) is 0 Å². The number of nitrogens with two attached hydrogens (primary N) is 1. The minimum Gasteiger partial charge on any atom is -0.328 e. The molecule has 2 aliphatic heterocycles. The first-order valence-electron chi connectivity index (χ1n) is 5.89. The number of piperidine rings is 2. The maximum atomic E-state index is 12.2. The Bertz CT molecular complexity index is 398. The monoisotopic (exact) mass is 216 g/mol. The molecule has 3 fully saturated rings. The van der Waals surface area contributed by atoms with Crippen LogP contribution in [0.5, 0.6) is 0 Å². The summed E-state index contributed by atoms with van der Waals surface area (Å²) in [7, 11) is 0. The molecule has 1 aliphatic carbocycles. The number of hydrogen-bond donors (Lipinski definition) is 1. The average molecular weight is 216 g/mol. The molecular formula is C13H16N2O. The molecule has 2 N–H and O–H groups in total. The third kappa shape index (κ3) is 1.28. The summed E-state index contributed by atoms with van der Waals surface area (Å²) in [6, 6.07) is 10.1. The Kier molecular flexibility index (Phi) is 2.21. The van der Waals surface area contributed by atoms with Crippen molar-refractivity contribution in [3.63, 3.8) is 0 Å². The van der Waals surface area contributed by atoms with Gasteiger partial charge in [-0.25, -0.2) is 0 Å². The number of anilines is 1. The largest absolute Gasteiger partial charge is 0.328 e. The lowest BCUT2D eigenvalue weighted by atomic mass is 9.66. The van der Waals surface area contributed by atoms with Gasteiger partial charge in [0.2, 0.25) is 5.91 Å². The van der Waals surface area contributed by atoms with Crippen LogP contribution in [0.1, 0.15) is 12.8 Å². The van der Waals surface area contributed by atoms with E-state index in [1.165, 1.54) is 0 Å². The smallest absolute Gasteiger partial charge is 0.230 e. The Hall–Kier alpha value is -1.35. The highest BCUT2D eigenvalue weighted by Crippen LogP contribution is 2.45. The van der Waals surface area contributed by atoms with Crippen LogP contribution in [-0.4, -0.2) is 18.5 Å². The first-order valence-corrected chi connectivity index (χ1v) is 5.89. The van der Waals surface area contributed by atoms with Crippen molar-refractivity contribution in [1.29, 1.82) is 0 Å². The van der Waals surface area contributed by atoms with Crippen LogP contribution in [0.15, 0.2) is 30.3 Å². The molecule has 1 aromatic rings. The fourth-order valence-electron chi connectivity index (χ4n) is 2.95. The van der Waals surface area contributed by atoms with Gasteiger partial charge in [-0.1, -0.05) is 18.2 Å². The van der Waals surface area contributed by atoms with E-state index in [-0.39, 0.29) is 17.9 Å². The fourth-order valence-corrected chi connectivity index (χ4v) is 2.95. The molecule has 1 saturated carbocycles. The summed E-state index contributed by atoms with van der Waals surface area (Å²) in [6.07, 6.45) is 2.09. The SMILES string of the molecule is NCC1C2CC(C2)C(=O)N1c1ccccc1. The number of benzene rings is 1. The van der Waals surface area contributed by atoms with Gasteiger partial charge in [-0.3, -0.25) is 4.79 Å². The van der Waals surface area contributed by atoms with Crippen LogP contribution in [-0.2, 0) is 4.79 Å². The number of nitrogens with zero attached hydrogens (tertiary/aromatic N) is 1. The van der Waals surface area contributed by atoms with E-state index in [4.69, 9.17) is 5.73 Å². The predicted octanol–water partition coefficient (Wildman–Crippen LogP) is 1.39. The average Bonchev–Trinajstić information content (AvgIpc) is 2.27. The minimum absolute atomic E-state index is 0.208. The zero-order valence-corrected chi connectivity index (χ0v) is 9.17. The summed E-state index contributed by atoms with van der Waals surface area (Å²) in [5, 5.41) is 0. The van der Waals surface area contributed by atoms with Gasteiger partial charge < -0.3 is 10.6 Å². The van der Waals surface area contributed by atoms with Gasteiger partial charge in [0.25, 0.3) is 0 Å². The molecule has 0 spiro atoms. The van der Waals surface area contributed by atoms with Crippen LogP contribution in [0.2, 0.25) is 0 Å². The maximum Gasteiger partial charge on any atom is 0.230 e. The molecular weight excluding hydrogens is 200 g/mol. The van der Waals surface area contributed by atoms with Gasteiger partial charge in [-0.05, 0) is 30.9 Å². The first-order chi connectivity index (χ1) is 7.81. The molecule has 1 aromatic carbocycles. The maximum absolute atomic E-state index is 12.2. The van der Waals surface area contributed by atoms with Crippen molar-refractivity contribution in [2.45, 2.75) is 18.9 Å². The van der Waals surface area contributed by atoms with E-state index >= 15 is 0 Å². The molecule has 3 nitrogen and oxygen atoms in total. The molecule has 1 atom stereocenters. The topological polar surface area (TPSA) is 46.3 Å². The minimum atomic E-state index is 0.208. The van der Waals surface area contributed by atoms with E-state index in [1.807, 2.05) is 35.2 Å². The molecule has 2 bridgehead atoms. The molecule has 3 aliphatic rings. The molecule has 1 amide bonds. The van der Waals surface area contributed by atoms with E-state index in [2.05, 4.69) is 0 Å². The number of para-hydroxylation sites is 1. The first kappa shape index (κ1) is 9.85. The molecule has 16 heavy (non-hydrogen) atoms. The quantitative estimate of drug-likeness (QED) is 0.812. The molecule has 1 unspecified atom stereocenters. The lowest BCUT2D eigenvalue weighted by molar-refractivity contribution is -0.132. The van der Waals surface area contributed by atoms with E-state index in [0.717, 1.165) is 18.5 Å². The second-order valence-corrected chi connectivity index (χ2v) is 4.78. The Morgan fingerprint density at radius 1 is 1.25 bits per heavy atom. The van der Waals surface area contributed by atoms with E-state index < -0.39 is 0 Å². The van der Waals surface area contributed by atoms with Crippen molar-refractivity contribution in [3.05, 3.63) is 30.3 Å². The van der Waals surface area contributed by atoms with Crippen LogP contribution >= 0.6 is 0 Å². The Morgan fingerprint density at radius 2 is 1.94 bits per heavy atom. The van der Waals surface area contributed by atoms with Crippen molar-refractivity contribution in [2.75, 3.05) is 11.4 Å². The standard InChI is InChI=1S/C13H16N2O/c14-8-12-9-6-10(7-9)13(16)15(12)11-4-2-1-3-5-11/h1-5,9-10,12H,6-8,14H2. The molecule has 0 aromatic heterocycles. The Labute approximate surface area is 95.2 Å². The number of rotatable bonds is 2. The highest BCUT2D eigenvalue weighted by Gasteiger charge is 2.49. The molecule has 3 heteroatoms. The summed E-state index contributed by atoms with van der Waals surface area (Å²) in [4.78, 5) is 14.1. The van der Waals surface area contributed by atoms with Crippen LogP contribution in [0.25, 0.3) is 0 Å². The lowest BCUT2D eigenvalue weighted by Gasteiger charge is -2.51. The number of amides is 1. The third-order valence-electron chi connectivity index (χ3n) is 3.91. The van der Waals surface area contributed by atoms with Crippen LogP contribution < -0.4 is 10.6 Å². The fraction of sp³-hybridized carbons (Fsp3) is 0.462. The lowest BCUT2D eigenvalue weighted by Crippen LogP contribution is -2.62. The summed E-state index contributed by atoms with van der Waals surface area (Å²) >= 11 is 0. The van der Waals surface area contributed by atoms with Gasteiger partial charge in [0.1, 0.15) is 0 Å². The molecule has 2 heterocycles. The number of carbonyl (C=O) groups is 1. The summed E-state index contributed by atoms with van der Waals surface area (Å²) in [5.74, 6) is 1.14. The van der Waals surface area contributed by atoms with E-state index in [9.17, 15) is 4.79 Å². The highest BCUT2D eigenvalue weighted by molar-refractivity contribution is 5.97. The number of carbonyl (C=O) groups excluding carboxylic acids is 1. The summed E-state index contributed by atoms with van der Waals surface area (Å²) in [5.41, 5.74) is 6.81. The van der Waals surface area contributed by atoms with Gasteiger partial charge in [0.05, 0.1) is 6.04 Å². The van der Waals surface area contributed by atoms with Crippen molar-refractivity contribution in [2.24, 2.45) is 17.6 Å². The predicted molar refractivity (Wildman–Crippen MR) is 63.0 cm³/mol. The zero-order valence-electron chi connectivity index (χ0n) is 9.17. The second-order valence-electron chi connectivity index (χ2n) is 4.78. The molecule has 0 radical (unpaired) electrons. The van der Waals surface area contributed by atoms with Gasteiger partial charge in [-0.2, -0.15) is 0 Å². The highest BCUT2D eigenvalue weighted by atomic mass is 16.2.